The molecule has 0 radical (unpaired) electrons. The second-order valence-electron chi connectivity index (χ2n) is 13.7. The number of fused-ring (bicyclic) bond motifs is 2. The maximum absolute atomic E-state index is 12.1. The van der Waals surface area contributed by atoms with Crippen LogP contribution in [0.3, 0.4) is 0 Å². The number of carbonyl (C=O) groups excluding carboxylic acids is 2. The third-order valence-electron chi connectivity index (χ3n) is 9.65. The molecule has 50 heavy (non-hydrogen) atoms. The van der Waals surface area contributed by atoms with Gasteiger partial charge in [0.05, 0.1) is 25.4 Å². The quantitative estimate of drug-likeness (QED) is 0.122. The van der Waals surface area contributed by atoms with Gasteiger partial charge in [-0.2, -0.15) is 0 Å². The second kappa shape index (κ2) is 17.3. The molecule has 2 atom stereocenters. The van der Waals surface area contributed by atoms with E-state index < -0.39 is 18.5 Å². The van der Waals surface area contributed by atoms with E-state index in [-0.39, 0.29) is 24.7 Å². The molecule has 0 amide bonds. The van der Waals surface area contributed by atoms with Gasteiger partial charge < -0.3 is 14.6 Å². The third kappa shape index (κ3) is 9.48. The maximum atomic E-state index is 12.1. The first kappa shape index (κ1) is 36.5. The summed E-state index contributed by atoms with van der Waals surface area (Å²) in [6.07, 6.45) is 18.4. The molecule has 0 saturated carbocycles. The van der Waals surface area contributed by atoms with E-state index in [4.69, 9.17) is 9.47 Å². The molecule has 3 aromatic carbocycles. The fourth-order valence-electron chi connectivity index (χ4n) is 6.72. The van der Waals surface area contributed by atoms with Crippen LogP contribution in [0.2, 0.25) is 0 Å². The molecule has 5 nitrogen and oxygen atoms in total. The first-order valence-electron chi connectivity index (χ1n) is 17.9. The Morgan fingerprint density at radius 1 is 0.860 bits per heavy atom. The summed E-state index contributed by atoms with van der Waals surface area (Å²) in [4.78, 5) is 24.2. The Bertz CT molecular complexity index is 1880. The monoisotopic (exact) mass is 670 g/mol. The molecule has 0 bridgehead atoms. The number of aryl methyl sites for hydroxylation is 3. The first-order valence-corrected chi connectivity index (χ1v) is 17.9. The molecular formula is C45H50O5. The lowest BCUT2D eigenvalue weighted by Gasteiger charge is -2.25. The summed E-state index contributed by atoms with van der Waals surface area (Å²) in [7, 11) is 0. The smallest absolute Gasteiger partial charge is 0.335 e. The highest BCUT2D eigenvalue weighted by Gasteiger charge is 2.21. The standard InChI is InChI=1S/C45H50O5/c1-6-8-32-10-15-40-25-42(19-17-38(40)22-32)43-20-18-39-23-33(11-16-41(39)26-43)9-13-37-14-12-34(24-36(37)7-2)21-35(28-49-44(47)30(3)4)29-50-45(48)31(5)27-46/h10-12,14-20,22,24-26,35,39,46H,3,5-9,13,21,23,27-29H2,1-2,4H3. The van der Waals surface area contributed by atoms with Gasteiger partial charge in [0, 0.05) is 17.4 Å². The number of benzene rings is 3. The lowest BCUT2D eigenvalue weighted by atomic mass is 9.80. The summed E-state index contributed by atoms with van der Waals surface area (Å²) in [5.74, 6) is -0.979. The van der Waals surface area contributed by atoms with Crippen molar-refractivity contribution in [3.8, 4) is 0 Å². The van der Waals surface area contributed by atoms with Crippen LogP contribution in [0.4, 0.5) is 0 Å². The molecular weight excluding hydrogens is 620 g/mol. The Kier molecular flexibility index (Phi) is 12.6. The zero-order chi connectivity index (χ0) is 35.6. The molecule has 1 N–H and O–H groups in total. The molecule has 2 aliphatic rings. The third-order valence-corrected chi connectivity index (χ3v) is 9.65. The average molecular weight is 671 g/mol. The molecule has 0 fully saturated rings. The largest absolute Gasteiger partial charge is 0.462 e. The summed E-state index contributed by atoms with van der Waals surface area (Å²) in [5, 5.41) is 11.8. The van der Waals surface area contributed by atoms with Crippen molar-refractivity contribution in [1.29, 1.82) is 0 Å². The van der Waals surface area contributed by atoms with Gasteiger partial charge in [0.15, 0.2) is 0 Å². The fraction of sp³-hybridized carbons (Fsp3) is 0.333. The molecule has 5 heteroatoms. The van der Waals surface area contributed by atoms with E-state index in [2.05, 4.69) is 112 Å². The molecule has 0 heterocycles. The van der Waals surface area contributed by atoms with Crippen molar-refractivity contribution in [3.05, 3.63) is 148 Å². The lowest BCUT2D eigenvalue weighted by Crippen LogP contribution is -2.24. The summed E-state index contributed by atoms with van der Waals surface area (Å²) in [6.45, 7) is 12.8. The van der Waals surface area contributed by atoms with Crippen LogP contribution in [0.25, 0.3) is 16.3 Å². The van der Waals surface area contributed by atoms with Crippen LogP contribution in [0.15, 0.2) is 120 Å². The van der Waals surface area contributed by atoms with Crippen LogP contribution >= 0.6 is 0 Å². The highest BCUT2D eigenvalue weighted by Crippen LogP contribution is 2.36. The summed E-state index contributed by atoms with van der Waals surface area (Å²) in [6, 6.07) is 20.2. The molecule has 0 saturated heterocycles. The molecule has 260 valence electrons. The molecule has 5 rings (SSSR count). The van der Waals surface area contributed by atoms with Crippen molar-refractivity contribution >= 4 is 28.3 Å². The number of carbonyl (C=O) groups is 2. The van der Waals surface area contributed by atoms with Gasteiger partial charge in [-0.15, -0.1) is 0 Å². The zero-order valence-corrected chi connectivity index (χ0v) is 29.8. The number of aliphatic hydroxyl groups excluding tert-OH is 1. The van der Waals surface area contributed by atoms with Gasteiger partial charge in [-0.25, -0.2) is 9.59 Å². The fourth-order valence-corrected chi connectivity index (χ4v) is 6.72. The van der Waals surface area contributed by atoms with Gasteiger partial charge in [0.1, 0.15) is 0 Å². The number of hydrogen-bond donors (Lipinski definition) is 1. The van der Waals surface area contributed by atoms with Crippen LogP contribution in [0, 0.1) is 11.8 Å². The first-order chi connectivity index (χ1) is 24.2. The minimum Gasteiger partial charge on any atom is -0.462 e. The van der Waals surface area contributed by atoms with Gasteiger partial charge in [-0.1, -0.05) is 118 Å². The zero-order valence-electron chi connectivity index (χ0n) is 29.8. The highest BCUT2D eigenvalue weighted by atomic mass is 16.5. The van der Waals surface area contributed by atoms with Crippen molar-refractivity contribution in [2.75, 3.05) is 19.8 Å². The average Bonchev–Trinajstić information content (AvgIpc) is 3.14. The Labute approximate surface area is 297 Å². The van der Waals surface area contributed by atoms with Crippen molar-refractivity contribution in [2.24, 2.45) is 11.8 Å². The molecule has 3 aromatic rings. The van der Waals surface area contributed by atoms with E-state index in [1.807, 2.05) is 0 Å². The predicted molar refractivity (Wildman–Crippen MR) is 204 cm³/mol. The number of esters is 2. The van der Waals surface area contributed by atoms with Crippen LogP contribution in [0.5, 0.6) is 0 Å². The van der Waals surface area contributed by atoms with Crippen molar-refractivity contribution in [3.63, 3.8) is 0 Å². The number of hydrogen-bond acceptors (Lipinski definition) is 5. The summed E-state index contributed by atoms with van der Waals surface area (Å²) < 4.78 is 10.8. The van der Waals surface area contributed by atoms with Crippen molar-refractivity contribution < 1.29 is 24.2 Å². The minimum absolute atomic E-state index is 0.0116. The number of allylic oxidation sites excluding steroid dienone is 8. The topological polar surface area (TPSA) is 72.8 Å². The second-order valence-corrected chi connectivity index (χ2v) is 13.7. The van der Waals surface area contributed by atoms with E-state index in [9.17, 15) is 14.7 Å². The number of rotatable bonds is 16. The van der Waals surface area contributed by atoms with Crippen LogP contribution in [-0.4, -0.2) is 36.9 Å². The molecule has 0 spiro atoms. The van der Waals surface area contributed by atoms with E-state index in [1.165, 1.54) is 49.7 Å². The SMILES string of the molecule is C=C(C)C(=O)OCC(COC(=O)C(=C)CO)Cc1ccc(CCC2=CC=C3C=C(c4ccc5cc(CCC)ccc5c4)C=CC3C2)c(CC)c1. The van der Waals surface area contributed by atoms with E-state index in [0.717, 1.165) is 44.1 Å². The van der Waals surface area contributed by atoms with E-state index in [1.54, 1.807) is 6.92 Å². The number of ether oxygens (including phenoxy) is 2. The molecule has 2 aliphatic carbocycles. The molecule has 2 unspecified atom stereocenters. The van der Waals surface area contributed by atoms with Gasteiger partial charge in [0.2, 0.25) is 0 Å². The molecule has 0 aliphatic heterocycles. The Morgan fingerprint density at radius 3 is 2.34 bits per heavy atom. The lowest BCUT2D eigenvalue weighted by molar-refractivity contribution is -0.144. The van der Waals surface area contributed by atoms with Crippen LogP contribution in [-0.2, 0) is 44.7 Å². The van der Waals surface area contributed by atoms with Gasteiger partial charge in [0.25, 0.3) is 0 Å². The highest BCUT2D eigenvalue weighted by molar-refractivity contribution is 5.90. The molecule has 0 aromatic heterocycles. The van der Waals surface area contributed by atoms with Gasteiger partial charge in [-0.05, 0) is 101 Å². The van der Waals surface area contributed by atoms with Crippen molar-refractivity contribution in [1.82, 2.24) is 0 Å². The van der Waals surface area contributed by atoms with Crippen molar-refractivity contribution in [2.45, 2.75) is 65.7 Å². The predicted octanol–water partition coefficient (Wildman–Crippen LogP) is 9.18. The van der Waals surface area contributed by atoms with Crippen LogP contribution < -0.4 is 0 Å². The van der Waals surface area contributed by atoms with Gasteiger partial charge in [-0.3, -0.25) is 0 Å². The number of aliphatic hydroxyl groups is 1. The van der Waals surface area contributed by atoms with E-state index >= 15 is 0 Å². The summed E-state index contributed by atoms with van der Waals surface area (Å²) >= 11 is 0. The van der Waals surface area contributed by atoms with E-state index in [0.29, 0.717) is 17.9 Å². The summed E-state index contributed by atoms with van der Waals surface area (Å²) in [5.41, 5.74) is 10.8. The van der Waals surface area contributed by atoms with Crippen LogP contribution in [0.1, 0.15) is 67.9 Å². The Hall–Kier alpha value is -4.74. The Balaban J connectivity index is 1.22. The normalized spacial score (nSPS) is 15.8. The Morgan fingerprint density at radius 2 is 1.60 bits per heavy atom. The maximum Gasteiger partial charge on any atom is 0.335 e. The van der Waals surface area contributed by atoms with Gasteiger partial charge >= 0.3 is 11.9 Å². The minimum atomic E-state index is -0.654.